The molecule has 19 heavy (non-hydrogen) atoms. The number of aryl methyl sites for hydroxylation is 2. The lowest BCUT2D eigenvalue weighted by molar-refractivity contribution is 1.11. The molecule has 1 N–H and O–H groups in total. The number of anilines is 1. The Morgan fingerprint density at radius 3 is 2.89 bits per heavy atom. The monoisotopic (exact) mass is 269 g/mol. The normalized spacial score (nSPS) is 10.8. The van der Waals surface area contributed by atoms with Gasteiger partial charge in [0.2, 0.25) is 0 Å². The molecule has 0 amide bonds. The summed E-state index contributed by atoms with van der Waals surface area (Å²) in [6, 6.07) is 8.28. The van der Waals surface area contributed by atoms with Crippen molar-refractivity contribution in [2.45, 2.75) is 20.4 Å². The number of nitrogens with one attached hydrogen (secondary N) is 1. The van der Waals surface area contributed by atoms with E-state index in [9.17, 15) is 0 Å². The van der Waals surface area contributed by atoms with Crippen LogP contribution in [0, 0.1) is 13.8 Å². The summed E-state index contributed by atoms with van der Waals surface area (Å²) in [4.78, 5) is 9.90. The number of aromatic nitrogens is 2. The number of fused-ring (bicyclic) bond motifs is 1. The van der Waals surface area contributed by atoms with Crippen molar-refractivity contribution >= 4 is 27.8 Å². The van der Waals surface area contributed by atoms with Crippen LogP contribution in [0.1, 0.15) is 15.6 Å². The third-order valence-corrected chi connectivity index (χ3v) is 4.19. The van der Waals surface area contributed by atoms with Gasteiger partial charge in [-0.25, -0.2) is 4.98 Å². The van der Waals surface area contributed by atoms with E-state index in [1.165, 1.54) is 10.3 Å². The summed E-state index contributed by atoms with van der Waals surface area (Å²) in [5, 5.41) is 6.98. The van der Waals surface area contributed by atoms with Crippen LogP contribution in [0.2, 0.25) is 0 Å². The number of benzene rings is 1. The number of hydrogen-bond donors (Lipinski definition) is 1. The Bertz CT molecular complexity index is 713. The van der Waals surface area contributed by atoms with Gasteiger partial charge in [0.1, 0.15) is 0 Å². The standard InChI is InChI=1S/C15H15N3S/c1-10-15(19-11(2)18-10)9-17-14-5-3-4-12-8-16-7-6-13(12)14/h3-8,17H,9H2,1-2H3. The SMILES string of the molecule is Cc1nc(C)c(CNc2cccc3cnccc23)s1. The summed E-state index contributed by atoms with van der Waals surface area (Å²) >= 11 is 1.75. The van der Waals surface area contributed by atoms with Gasteiger partial charge in [-0.05, 0) is 26.0 Å². The summed E-state index contributed by atoms with van der Waals surface area (Å²) < 4.78 is 0. The third kappa shape index (κ3) is 2.44. The summed E-state index contributed by atoms with van der Waals surface area (Å²) in [6.07, 6.45) is 3.72. The molecule has 1 aromatic carbocycles. The molecule has 0 aliphatic carbocycles. The zero-order valence-electron chi connectivity index (χ0n) is 11.0. The van der Waals surface area contributed by atoms with E-state index in [0.29, 0.717) is 0 Å². The lowest BCUT2D eigenvalue weighted by Crippen LogP contribution is -1.99. The van der Waals surface area contributed by atoms with Crippen molar-refractivity contribution in [3.63, 3.8) is 0 Å². The highest BCUT2D eigenvalue weighted by Gasteiger charge is 2.05. The second-order valence-electron chi connectivity index (χ2n) is 4.50. The first-order chi connectivity index (χ1) is 9.24. The predicted molar refractivity (Wildman–Crippen MR) is 80.7 cm³/mol. The van der Waals surface area contributed by atoms with Crippen LogP contribution >= 0.6 is 11.3 Å². The van der Waals surface area contributed by atoms with Gasteiger partial charge in [-0.3, -0.25) is 4.98 Å². The fourth-order valence-electron chi connectivity index (χ4n) is 2.19. The fourth-order valence-corrected chi connectivity index (χ4v) is 3.07. The highest BCUT2D eigenvalue weighted by atomic mass is 32.1. The van der Waals surface area contributed by atoms with E-state index in [1.807, 2.05) is 25.4 Å². The van der Waals surface area contributed by atoms with Crippen LogP contribution in [0.15, 0.2) is 36.7 Å². The molecule has 3 rings (SSSR count). The van der Waals surface area contributed by atoms with Crippen molar-refractivity contribution in [3.05, 3.63) is 52.2 Å². The Balaban J connectivity index is 1.88. The summed E-state index contributed by atoms with van der Waals surface area (Å²) in [5.74, 6) is 0. The van der Waals surface area contributed by atoms with Crippen LogP contribution in [0.4, 0.5) is 5.69 Å². The zero-order chi connectivity index (χ0) is 13.2. The lowest BCUT2D eigenvalue weighted by Gasteiger charge is -2.08. The summed E-state index contributed by atoms with van der Waals surface area (Å²) in [5.41, 5.74) is 2.27. The van der Waals surface area contributed by atoms with Crippen molar-refractivity contribution in [3.8, 4) is 0 Å². The first-order valence-electron chi connectivity index (χ1n) is 6.23. The Morgan fingerprint density at radius 2 is 2.11 bits per heavy atom. The van der Waals surface area contributed by atoms with Crippen molar-refractivity contribution in [2.75, 3.05) is 5.32 Å². The van der Waals surface area contributed by atoms with E-state index in [4.69, 9.17) is 0 Å². The minimum absolute atomic E-state index is 0.818. The molecule has 0 bridgehead atoms. The van der Waals surface area contributed by atoms with Gasteiger partial charge >= 0.3 is 0 Å². The first kappa shape index (κ1) is 12.1. The van der Waals surface area contributed by atoms with E-state index >= 15 is 0 Å². The fraction of sp³-hybridized carbons (Fsp3) is 0.200. The van der Waals surface area contributed by atoms with E-state index < -0.39 is 0 Å². The van der Waals surface area contributed by atoms with Crippen molar-refractivity contribution < 1.29 is 0 Å². The van der Waals surface area contributed by atoms with E-state index in [-0.39, 0.29) is 0 Å². The van der Waals surface area contributed by atoms with Crippen LogP contribution in [0.25, 0.3) is 10.8 Å². The van der Waals surface area contributed by atoms with Crippen molar-refractivity contribution in [2.24, 2.45) is 0 Å². The molecule has 0 radical (unpaired) electrons. The molecule has 0 spiro atoms. The van der Waals surface area contributed by atoms with E-state index in [2.05, 4.69) is 40.4 Å². The average molecular weight is 269 g/mol. The molecular formula is C15H15N3S. The van der Waals surface area contributed by atoms with Gasteiger partial charge in [0.05, 0.1) is 17.2 Å². The average Bonchev–Trinajstić information content (AvgIpc) is 2.74. The maximum Gasteiger partial charge on any atom is 0.0900 e. The molecule has 0 aliphatic heterocycles. The predicted octanol–water partition coefficient (Wildman–Crippen LogP) is 3.92. The number of hydrogen-bond acceptors (Lipinski definition) is 4. The molecule has 0 unspecified atom stereocenters. The quantitative estimate of drug-likeness (QED) is 0.783. The number of pyridine rings is 1. The van der Waals surface area contributed by atoms with Gasteiger partial charge < -0.3 is 5.32 Å². The second kappa shape index (κ2) is 4.97. The van der Waals surface area contributed by atoms with Crippen LogP contribution in [0.5, 0.6) is 0 Å². The first-order valence-corrected chi connectivity index (χ1v) is 7.05. The minimum Gasteiger partial charge on any atom is -0.380 e. The molecule has 3 aromatic rings. The van der Waals surface area contributed by atoms with Gasteiger partial charge in [0.15, 0.2) is 0 Å². The molecule has 96 valence electrons. The van der Waals surface area contributed by atoms with Crippen molar-refractivity contribution in [1.82, 2.24) is 9.97 Å². The lowest BCUT2D eigenvalue weighted by atomic mass is 10.1. The Kier molecular flexibility index (Phi) is 3.17. The topological polar surface area (TPSA) is 37.8 Å². The van der Waals surface area contributed by atoms with Crippen molar-refractivity contribution in [1.29, 1.82) is 0 Å². The van der Waals surface area contributed by atoms with Crippen LogP contribution in [-0.4, -0.2) is 9.97 Å². The molecule has 4 heteroatoms. The third-order valence-electron chi connectivity index (χ3n) is 3.12. The molecule has 3 nitrogen and oxygen atoms in total. The van der Waals surface area contributed by atoms with Gasteiger partial charge in [-0.2, -0.15) is 0 Å². The van der Waals surface area contributed by atoms with Crippen LogP contribution in [-0.2, 0) is 6.54 Å². The maximum absolute atomic E-state index is 4.45. The molecular weight excluding hydrogens is 254 g/mol. The van der Waals surface area contributed by atoms with Crippen LogP contribution in [0.3, 0.4) is 0 Å². The molecule has 0 saturated carbocycles. The largest absolute Gasteiger partial charge is 0.380 e. The Labute approximate surface area is 116 Å². The number of rotatable bonds is 3. The number of nitrogens with zero attached hydrogens (tertiary/aromatic N) is 2. The zero-order valence-corrected chi connectivity index (χ0v) is 11.8. The molecule has 0 aliphatic rings. The minimum atomic E-state index is 0.818. The molecule has 0 saturated heterocycles. The highest BCUT2D eigenvalue weighted by molar-refractivity contribution is 7.11. The summed E-state index contributed by atoms with van der Waals surface area (Å²) in [6.45, 7) is 4.93. The second-order valence-corrected chi connectivity index (χ2v) is 5.79. The van der Waals surface area contributed by atoms with E-state index in [0.717, 1.165) is 28.3 Å². The van der Waals surface area contributed by atoms with Gasteiger partial charge in [0, 0.05) is 33.7 Å². The van der Waals surface area contributed by atoms with Gasteiger partial charge in [-0.1, -0.05) is 12.1 Å². The van der Waals surface area contributed by atoms with E-state index in [1.54, 1.807) is 11.3 Å². The molecule has 0 fully saturated rings. The smallest absolute Gasteiger partial charge is 0.0900 e. The molecule has 0 atom stereocenters. The highest BCUT2D eigenvalue weighted by Crippen LogP contribution is 2.24. The van der Waals surface area contributed by atoms with Crippen LogP contribution < -0.4 is 5.32 Å². The summed E-state index contributed by atoms with van der Waals surface area (Å²) in [7, 11) is 0. The Morgan fingerprint density at radius 1 is 1.21 bits per heavy atom. The maximum atomic E-state index is 4.45. The Hall–Kier alpha value is -1.94. The van der Waals surface area contributed by atoms with Gasteiger partial charge in [-0.15, -0.1) is 11.3 Å². The molecule has 2 aromatic heterocycles. The van der Waals surface area contributed by atoms with Gasteiger partial charge in [0.25, 0.3) is 0 Å². The molecule has 2 heterocycles. The number of thiazole rings is 1.